The molecule has 8 heteroatoms. The zero-order chi connectivity index (χ0) is 18.6. The van der Waals surface area contributed by atoms with Gasteiger partial charge in [0, 0.05) is 11.4 Å². The van der Waals surface area contributed by atoms with E-state index in [9.17, 15) is 4.79 Å². The first-order chi connectivity index (χ1) is 13.2. The van der Waals surface area contributed by atoms with E-state index in [0.717, 1.165) is 17.7 Å². The third-order valence-corrected chi connectivity index (χ3v) is 5.47. The van der Waals surface area contributed by atoms with Gasteiger partial charge in [0.25, 0.3) is 5.91 Å². The van der Waals surface area contributed by atoms with Crippen molar-refractivity contribution in [1.29, 1.82) is 0 Å². The van der Waals surface area contributed by atoms with Gasteiger partial charge in [-0.1, -0.05) is 23.4 Å². The van der Waals surface area contributed by atoms with Gasteiger partial charge in [0.1, 0.15) is 11.9 Å². The SMILES string of the molecule is COc1ccc(C2Cn3nnc(C(=O)NCCc4cccs4)c3CO2)cc1. The van der Waals surface area contributed by atoms with Gasteiger partial charge < -0.3 is 14.8 Å². The molecule has 4 rings (SSSR count). The molecule has 1 N–H and O–H groups in total. The first kappa shape index (κ1) is 17.7. The van der Waals surface area contributed by atoms with E-state index >= 15 is 0 Å². The van der Waals surface area contributed by atoms with Crippen LogP contribution in [0.4, 0.5) is 0 Å². The number of nitrogens with one attached hydrogen (secondary N) is 1. The van der Waals surface area contributed by atoms with Gasteiger partial charge in [-0.15, -0.1) is 16.4 Å². The fourth-order valence-electron chi connectivity index (χ4n) is 3.05. The fourth-order valence-corrected chi connectivity index (χ4v) is 3.75. The maximum Gasteiger partial charge on any atom is 0.273 e. The maximum absolute atomic E-state index is 12.4. The van der Waals surface area contributed by atoms with Crippen LogP contribution in [0.5, 0.6) is 5.75 Å². The van der Waals surface area contributed by atoms with Crippen molar-refractivity contribution in [2.75, 3.05) is 13.7 Å². The van der Waals surface area contributed by atoms with E-state index in [1.165, 1.54) is 4.88 Å². The van der Waals surface area contributed by atoms with Crippen molar-refractivity contribution < 1.29 is 14.3 Å². The molecule has 7 nitrogen and oxygen atoms in total. The normalized spacial score (nSPS) is 16.0. The smallest absolute Gasteiger partial charge is 0.273 e. The molecule has 0 fully saturated rings. The molecule has 3 heterocycles. The number of carbonyl (C=O) groups is 1. The topological polar surface area (TPSA) is 78.3 Å². The van der Waals surface area contributed by atoms with E-state index in [1.54, 1.807) is 23.1 Å². The summed E-state index contributed by atoms with van der Waals surface area (Å²) in [7, 11) is 1.64. The number of methoxy groups -OCH3 is 1. The Morgan fingerprint density at radius 1 is 1.37 bits per heavy atom. The van der Waals surface area contributed by atoms with E-state index in [0.29, 0.717) is 31.1 Å². The van der Waals surface area contributed by atoms with Gasteiger partial charge in [-0.05, 0) is 35.6 Å². The number of amides is 1. The molecule has 1 aliphatic heterocycles. The third-order valence-electron chi connectivity index (χ3n) is 4.54. The zero-order valence-corrected chi connectivity index (χ0v) is 15.7. The number of nitrogens with zero attached hydrogens (tertiary/aromatic N) is 3. The van der Waals surface area contributed by atoms with E-state index in [2.05, 4.69) is 21.7 Å². The maximum atomic E-state index is 12.4. The van der Waals surface area contributed by atoms with Crippen molar-refractivity contribution in [2.24, 2.45) is 0 Å². The van der Waals surface area contributed by atoms with Crippen molar-refractivity contribution >= 4 is 17.2 Å². The Balaban J connectivity index is 1.39. The van der Waals surface area contributed by atoms with Crippen LogP contribution in [0.15, 0.2) is 41.8 Å². The van der Waals surface area contributed by atoms with Crippen molar-refractivity contribution in [2.45, 2.75) is 25.7 Å². The van der Waals surface area contributed by atoms with Crippen LogP contribution in [0.1, 0.15) is 32.7 Å². The molecule has 0 radical (unpaired) electrons. The Morgan fingerprint density at radius 3 is 2.96 bits per heavy atom. The first-order valence-corrected chi connectivity index (χ1v) is 9.61. The molecule has 0 aliphatic carbocycles. The van der Waals surface area contributed by atoms with Gasteiger partial charge in [-0.3, -0.25) is 4.79 Å². The molecule has 1 unspecified atom stereocenters. The molecule has 0 spiro atoms. The number of hydrogen-bond acceptors (Lipinski definition) is 6. The summed E-state index contributed by atoms with van der Waals surface area (Å²) in [5, 5.41) is 13.2. The summed E-state index contributed by atoms with van der Waals surface area (Å²) in [6, 6.07) is 11.8. The standard InChI is InChI=1S/C19H20N4O3S/c1-25-14-6-4-13(5-7-14)17-11-23-16(12-26-17)18(21-22-23)19(24)20-9-8-15-3-2-10-27-15/h2-7,10,17H,8-9,11-12H2,1H3,(H,20,24). The summed E-state index contributed by atoms with van der Waals surface area (Å²) in [6.45, 7) is 1.40. The quantitative estimate of drug-likeness (QED) is 0.707. The minimum absolute atomic E-state index is 0.125. The molecule has 0 saturated heterocycles. The number of ether oxygens (including phenoxy) is 2. The predicted octanol–water partition coefficient (Wildman–Crippen LogP) is 2.59. The Hall–Kier alpha value is -2.71. The summed E-state index contributed by atoms with van der Waals surface area (Å²) in [4.78, 5) is 13.7. The summed E-state index contributed by atoms with van der Waals surface area (Å²) < 4.78 is 12.9. The highest BCUT2D eigenvalue weighted by Crippen LogP contribution is 2.28. The number of hydrogen-bond donors (Lipinski definition) is 1. The highest BCUT2D eigenvalue weighted by atomic mass is 32.1. The third kappa shape index (κ3) is 3.86. The number of thiophene rings is 1. The van der Waals surface area contributed by atoms with Crippen molar-refractivity contribution in [3.63, 3.8) is 0 Å². The second kappa shape index (κ2) is 7.89. The van der Waals surface area contributed by atoms with Gasteiger partial charge in [-0.2, -0.15) is 0 Å². The van der Waals surface area contributed by atoms with Crippen LogP contribution >= 0.6 is 11.3 Å². The highest BCUT2D eigenvalue weighted by molar-refractivity contribution is 7.09. The average Bonchev–Trinajstić information content (AvgIpc) is 3.37. The lowest BCUT2D eigenvalue weighted by atomic mass is 10.1. The molecule has 27 heavy (non-hydrogen) atoms. The predicted molar refractivity (Wildman–Crippen MR) is 101 cm³/mol. The lowest BCUT2D eigenvalue weighted by Crippen LogP contribution is -2.28. The second-order valence-electron chi connectivity index (χ2n) is 6.22. The second-order valence-corrected chi connectivity index (χ2v) is 7.26. The average molecular weight is 384 g/mol. The van der Waals surface area contributed by atoms with E-state index in [-0.39, 0.29) is 12.0 Å². The van der Waals surface area contributed by atoms with Gasteiger partial charge >= 0.3 is 0 Å². The summed E-state index contributed by atoms with van der Waals surface area (Å²) in [5.74, 6) is 0.594. The van der Waals surface area contributed by atoms with E-state index < -0.39 is 0 Å². The zero-order valence-electron chi connectivity index (χ0n) is 14.9. The largest absolute Gasteiger partial charge is 0.497 e. The lowest BCUT2D eigenvalue weighted by molar-refractivity contribution is -0.00179. The molecule has 0 bridgehead atoms. The van der Waals surface area contributed by atoms with Gasteiger partial charge in [0.05, 0.1) is 26.0 Å². The Morgan fingerprint density at radius 2 is 2.22 bits per heavy atom. The Labute approximate surface area is 160 Å². The number of carbonyl (C=O) groups excluding carboxylic acids is 1. The number of fused-ring (bicyclic) bond motifs is 1. The number of benzene rings is 1. The molecule has 1 aromatic carbocycles. The Bertz CT molecular complexity index is 906. The molecule has 1 amide bonds. The van der Waals surface area contributed by atoms with Crippen LogP contribution in [0, 0.1) is 0 Å². The molecule has 1 atom stereocenters. The number of aromatic nitrogens is 3. The molecule has 1 aliphatic rings. The first-order valence-electron chi connectivity index (χ1n) is 8.73. The summed E-state index contributed by atoms with van der Waals surface area (Å²) in [6.07, 6.45) is 0.683. The molecule has 2 aromatic heterocycles. The van der Waals surface area contributed by atoms with Crippen LogP contribution in [-0.2, 0) is 24.3 Å². The number of rotatable bonds is 6. The van der Waals surface area contributed by atoms with E-state index in [1.807, 2.05) is 35.7 Å². The minimum Gasteiger partial charge on any atom is -0.497 e. The van der Waals surface area contributed by atoms with Crippen LogP contribution < -0.4 is 10.1 Å². The summed E-state index contributed by atoms with van der Waals surface area (Å²) in [5.41, 5.74) is 2.10. The van der Waals surface area contributed by atoms with Gasteiger partial charge in [-0.25, -0.2) is 4.68 Å². The molecule has 3 aromatic rings. The van der Waals surface area contributed by atoms with Crippen LogP contribution in [0.25, 0.3) is 0 Å². The monoisotopic (exact) mass is 384 g/mol. The van der Waals surface area contributed by atoms with Crippen molar-refractivity contribution in [3.8, 4) is 5.75 Å². The fraction of sp³-hybridized carbons (Fsp3) is 0.316. The van der Waals surface area contributed by atoms with Crippen molar-refractivity contribution in [1.82, 2.24) is 20.3 Å². The molecule has 0 saturated carbocycles. The van der Waals surface area contributed by atoms with Crippen molar-refractivity contribution in [3.05, 3.63) is 63.6 Å². The molecular weight excluding hydrogens is 364 g/mol. The van der Waals surface area contributed by atoms with Crippen LogP contribution in [0.3, 0.4) is 0 Å². The highest BCUT2D eigenvalue weighted by Gasteiger charge is 2.27. The van der Waals surface area contributed by atoms with E-state index in [4.69, 9.17) is 9.47 Å². The Kier molecular flexibility index (Phi) is 5.17. The molecular formula is C19H20N4O3S. The van der Waals surface area contributed by atoms with Crippen LogP contribution in [-0.4, -0.2) is 34.6 Å². The van der Waals surface area contributed by atoms with Gasteiger partial charge in [0.15, 0.2) is 5.69 Å². The van der Waals surface area contributed by atoms with Crippen LogP contribution in [0.2, 0.25) is 0 Å². The minimum atomic E-state index is -0.209. The summed E-state index contributed by atoms with van der Waals surface area (Å²) >= 11 is 1.68. The molecule has 140 valence electrons. The van der Waals surface area contributed by atoms with Gasteiger partial charge in [0.2, 0.25) is 0 Å². The lowest BCUT2D eigenvalue weighted by Gasteiger charge is -2.24.